The molecule has 3 aromatic rings. The highest BCUT2D eigenvalue weighted by Gasteiger charge is 2.45. The van der Waals surface area contributed by atoms with E-state index in [-0.39, 0.29) is 33.7 Å². The van der Waals surface area contributed by atoms with Gasteiger partial charge in [0.1, 0.15) is 11.5 Å². The number of carbonyl (C=O) groups is 1. The van der Waals surface area contributed by atoms with E-state index in [0.29, 0.717) is 22.1 Å². The van der Waals surface area contributed by atoms with Crippen LogP contribution in [0, 0.1) is 0 Å². The van der Waals surface area contributed by atoms with Gasteiger partial charge in [0.15, 0.2) is 10.5 Å². The number of aromatic nitrogens is 1. The molecule has 0 saturated carbocycles. The van der Waals surface area contributed by atoms with Gasteiger partial charge in [0, 0.05) is 16.7 Å². The van der Waals surface area contributed by atoms with E-state index < -0.39 is 35.0 Å². The van der Waals surface area contributed by atoms with Gasteiger partial charge in [-0.1, -0.05) is 35.1 Å². The quantitative estimate of drug-likeness (QED) is 0.313. The third-order valence-electron chi connectivity index (χ3n) is 5.79. The number of hydrogen-bond acceptors (Lipinski definition) is 7. The van der Waals surface area contributed by atoms with Gasteiger partial charge in [0.2, 0.25) is 0 Å². The lowest BCUT2D eigenvalue weighted by atomic mass is 9.95. The molecule has 0 bridgehead atoms. The smallest absolute Gasteiger partial charge is 0.434 e. The maximum atomic E-state index is 14.3. The topological polar surface area (TPSA) is 79.1 Å². The van der Waals surface area contributed by atoms with Crippen molar-refractivity contribution in [2.45, 2.75) is 59.0 Å². The fourth-order valence-electron chi connectivity index (χ4n) is 4.28. The number of rotatable bonds is 8. The van der Waals surface area contributed by atoms with E-state index >= 15 is 0 Å². The Morgan fingerprint density at radius 2 is 1.76 bits per heavy atom. The molecule has 2 heterocycles. The van der Waals surface area contributed by atoms with Crippen molar-refractivity contribution in [3.63, 3.8) is 0 Å². The fourth-order valence-corrected chi connectivity index (χ4v) is 5.40. The van der Waals surface area contributed by atoms with Gasteiger partial charge in [0.05, 0.1) is 35.0 Å². The summed E-state index contributed by atoms with van der Waals surface area (Å²) >= 11 is 6.80. The van der Waals surface area contributed by atoms with Crippen molar-refractivity contribution in [3.05, 3.63) is 89.6 Å². The molecule has 0 amide bonds. The van der Waals surface area contributed by atoms with Crippen LogP contribution in [0.5, 0.6) is 11.5 Å². The van der Waals surface area contributed by atoms with Crippen molar-refractivity contribution in [2.75, 3.05) is 6.61 Å². The standard InChI is InChI=1S/C29H28ClF3N2O5S/c1-6-38-27(37)23-24(17-7-10-19(30)11-8-17)35-26(36)22(41-28(35)34-25(23)29(31,32)33)13-18-9-12-20(39-15(2)3)14-21(18)40-16(4)5/h7-16,24H,6H2,1-5H3/b22-13+/t24-/m1/s1. The predicted molar refractivity (Wildman–Crippen MR) is 150 cm³/mol. The van der Waals surface area contributed by atoms with E-state index in [1.54, 1.807) is 18.2 Å². The minimum Gasteiger partial charge on any atom is -0.491 e. The molecule has 0 aliphatic carbocycles. The second-order valence-corrected chi connectivity index (χ2v) is 11.1. The zero-order valence-electron chi connectivity index (χ0n) is 22.9. The zero-order valence-corrected chi connectivity index (χ0v) is 24.5. The minimum atomic E-state index is -4.99. The van der Waals surface area contributed by atoms with Crippen LogP contribution in [0.3, 0.4) is 0 Å². The molecule has 0 fully saturated rings. The minimum absolute atomic E-state index is 0.0827. The van der Waals surface area contributed by atoms with Crippen molar-refractivity contribution < 1.29 is 32.2 Å². The number of nitrogens with zero attached hydrogens (tertiary/aromatic N) is 2. The molecule has 1 aliphatic heterocycles. The lowest BCUT2D eigenvalue weighted by Crippen LogP contribution is -2.41. The summed E-state index contributed by atoms with van der Waals surface area (Å²) in [5.41, 5.74) is -2.07. The molecule has 0 N–H and O–H groups in total. The molecule has 0 spiro atoms. The van der Waals surface area contributed by atoms with E-state index in [9.17, 15) is 22.8 Å². The highest BCUT2D eigenvalue weighted by molar-refractivity contribution is 7.07. The van der Waals surface area contributed by atoms with Gasteiger partial charge in [-0.3, -0.25) is 9.36 Å². The first kappa shape index (κ1) is 30.4. The first-order valence-electron chi connectivity index (χ1n) is 12.8. The molecule has 0 saturated heterocycles. The van der Waals surface area contributed by atoms with Crippen LogP contribution in [0.1, 0.15) is 51.8 Å². The molecule has 4 rings (SSSR count). The van der Waals surface area contributed by atoms with E-state index in [4.69, 9.17) is 25.8 Å². The second-order valence-electron chi connectivity index (χ2n) is 9.65. The van der Waals surface area contributed by atoms with Crippen molar-refractivity contribution in [3.8, 4) is 11.5 Å². The normalized spacial score (nSPS) is 15.7. The SMILES string of the molecule is CCOC(=O)C1=C(C(F)(F)F)N=c2s/c(=C/c3ccc(OC(C)C)cc3OC(C)C)c(=O)n2[C@@H]1c1ccc(Cl)cc1. The summed E-state index contributed by atoms with van der Waals surface area (Å²) in [6.07, 6.45) is -3.75. The Labute approximate surface area is 243 Å². The average molecular weight is 609 g/mol. The average Bonchev–Trinajstić information content (AvgIpc) is 3.18. The van der Waals surface area contributed by atoms with Gasteiger partial charge < -0.3 is 14.2 Å². The van der Waals surface area contributed by atoms with Gasteiger partial charge in [0.25, 0.3) is 5.56 Å². The second kappa shape index (κ2) is 12.1. The largest absolute Gasteiger partial charge is 0.491 e. The number of halogens is 4. The van der Waals surface area contributed by atoms with Gasteiger partial charge >= 0.3 is 12.1 Å². The summed E-state index contributed by atoms with van der Waals surface area (Å²) in [4.78, 5) is 30.4. The Morgan fingerprint density at radius 1 is 1.10 bits per heavy atom. The zero-order chi connectivity index (χ0) is 30.1. The van der Waals surface area contributed by atoms with Crippen LogP contribution < -0.4 is 24.4 Å². The first-order chi connectivity index (χ1) is 19.3. The molecule has 1 atom stereocenters. The molecular weight excluding hydrogens is 581 g/mol. The van der Waals surface area contributed by atoms with Crippen molar-refractivity contribution >= 4 is 35.0 Å². The predicted octanol–water partition coefficient (Wildman–Crippen LogP) is 5.57. The Kier molecular flexibility index (Phi) is 8.98. The molecule has 7 nitrogen and oxygen atoms in total. The molecule has 2 aromatic carbocycles. The van der Waals surface area contributed by atoms with Gasteiger partial charge in [-0.25, -0.2) is 9.79 Å². The van der Waals surface area contributed by atoms with Crippen molar-refractivity contribution in [2.24, 2.45) is 4.99 Å². The highest BCUT2D eigenvalue weighted by Crippen LogP contribution is 2.38. The maximum absolute atomic E-state index is 14.3. The lowest BCUT2D eigenvalue weighted by molar-refractivity contribution is -0.140. The molecular formula is C29H28ClF3N2O5S. The third kappa shape index (κ3) is 6.68. The summed E-state index contributed by atoms with van der Waals surface area (Å²) in [6.45, 7) is 8.76. The van der Waals surface area contributed by atoms with Crippen molar-refractivity contribution in [1.29, 1.82) is 0 Å². The van der Waals surface area contributed by atoms with Crippen LogP contribution in [0.2, 0.25) is 5.02 Å². The van der Waals surface area contributed by atoms with Gasteiger partial charge in [-0.15, -0.1) is 0 Å². The fraction of sp³-hybridized carbons (Fsp3) is 0.345. The number of ether oxygens (including phenoxy) is 3. The Hall–Kier alpha value is -3.57. The van der Waals surface area contributed by atoms with Crippen LogP contribution in [-0.4, -0.2) is 35.5 Å². The summed E-state index contributed by atoms with van der Waals surface area (Å²) in [5, 5.41) is 0.335. The summed E-state index contributed by atoms with van der Waals surface area (Å²) in [5.74, 6) is -0.224. The van der Waals surface area contributed by atoms with E-state index in [2.05, 4.69) is 4.99 Å². The van der Waals surface area contributed by atoms with E-state index in [1.165, 1.54) is 37.3 Å². The summed E-state index contributed by atoms with van der Waals surface area (Å²) in [7, 11) is 0. The van der Waals surface area contributed by atoms with Crippen LogP contribution in [0.15, 0.2) is 63.5 Å². The van der Waals surface area contributed by atoms with E-state index in [0.717, 1.165) is 15.9 Å². The van der Waals surface area contributed by atoms with Crippen molar-refractivity contribution in [1.82, 2.24) is 4.57 Å². The van der Waals surface area contributed by atoms with Crippen LogP contribution in [0.4, 0.5) is 13.2 Å². The number of allylic oxidation sites excluding steroid dienone is 1. The number of esters is 1. The summed E-state index contributed by atoms with van der Waals surface area (Å²) < 4.78 is 60.8. The molecule has 1 aliphatic rings. The van der Waals surface area contributed by atoms with Gasteiger partial charge in [-0.05, 0) is 70.5 Å². The molecule has 218 valence electrons. The number of benzene rings is 2. The molecule has 1 aromatic heterocycles. The lowest BCUT2D eigenvalue weighted by Gasteiger charge is -2.26. The number of fused-ring (bicyclic) bond motifs is 1. The van der Waals surface area contributed by atoms with Gasteiger partial charge in [-0.2, -0.15) is 13.2 Å². The molecule has 0 unspecified atom stereocenters. The summed E-state index contributed by atoms with van der Waals surface area (Å²) in [6, 6.07) is 9.53. The Balaban J connectivity index is 1.99. The first-order valence-corrected chi connectivity index (χ1v) is 14.0. The van der Waals surface area contributed by atoms with Crippen LogP contribution in [-0.2, 0) is 9.53 Å². The highest BCUT2D eigenvalue weighted by atomic mass is 35.5. The number of alkyl halides is 3. The van der Waals surface area contributed by atoms with Crippen LogP contribution >= 0.6 is 22.9 Å². The number of thiazole rings is 1. The molecule has 12 heteroatoms. The maximum Gasteiger partial charge on any atom is 0.434 e. The Bertz CT molecular complexity index is 1660. The number of carbonyl (C=O) groups excluding carboxylic acids is 1. The molecule has 0 radical (unpaired) electrons. The monoisotopic (exact) mass is 608 g/mol. The molecule has 41 heavy (non-hydrogen) atoms. The third-order valence-corrected chi connectivity index (χ3v) is 7.02. The number of hydrogen-bond donors (Lipinski definition) is 0. The van der Waals surface area contributed by atoms with Crippen LogP contribution in [0.25, 0.3) is 6.08 Å². The Morgan fingerprint density at radius 3 is 2.34 bits per heavy atom. The van der Waals surface area contributed by atoms with E-state index in [1.807, 2.05) is 27.7 Å².